The number of benzene rings is 2. The molecule has 0 saturated carbocycles. The van der Waals surface area contributed by atoms with E-state index in [2.05, 4.69) is 43.3 Å². The Morgan fingerprint density at radius 3 is 2.40 bits per heavy atom. The van der Waals surface area contributed by atoms with Crippen molar-refractivity contribution in [3.8, 4) is 0 Å². The monoisotopic (exact) mass is 267 g/mol. The summed E-state index contributed by atoms with van der Waals surface area (Å²) in [6.45, 7) is 2.28. The van der Waals surface area contributed by atoms with Crippen LogP contribution in [-0.2, 0) is 6.42 Å². The number of fused-ring (bicyclic) bond motifs is 1. The molecule has 0 fully saturated rings. The SMILES string of the molecule is CCCCCCCCCCc1ccc2ccc[c]c2c1. The van der Waals surface area contributed by atoms with Crippen molar-refractivity contribution in [1.82, 2.24) is 0 Å². The van der Waals surface area contributed by atoms with E-state index >= 15 is 0 Å². The van der Waals surface area contributed by atoms with E-state index in [0.717, 1.165) is 0 Å². The number of rotatable bonds is 9. The molecule has 0 amide bonds. The van der Waals surface area contributed by atoms with Gasteiger partial charge in [0.1, 0.15) is 0 Å². The summed E-state index contributed by atoms with van der Waals surface area (Å²) >= 11 is 0. The molecule has 0 aliphatic heterocycles. The fourth-order valence-corrected chi connectivity index (χ4v) is 2.78. The Kier molecular flexibility index (Phi) is 6.63. The molecule has 107 valence electrons. The maximum atomic E-state index is 3.32. The summed E-state index contributed by atoms with van der Waals surface area (Å²) in [5.74, 6) is 0. The summed E-state index contributed by atoms with van der Waals surface area (Å²) in [6, 6.07) is 16.3. The van der Waals surface area contributed by atoms with E-state index in [-0.39, 0.29) is 0 Å². The second-order valence-corrected chi connectivity index (χ2v) is 5.82. The first kappa shape index (κ1) is 15.1. The Morgan fingerprint density at radius 1 is 0.850 bits per heavy atom. The summed E-state index contributed by atoms with van der Waals surface area (Å²) in [7, 11) is 0. The molecule has 2 rings (SSSR count). The molecule has 0 spiro atoms. The highest BCUT2D eigenvalue weighted by Gasteiger charge is 1.97. The smallest absolute Gasteiger partial charge is 0.00991 e. The van der Waals surface area contributed by atoms with Crippen molar-refractivity contribution >= 4 is 10.8 Å². The minimum atomic E-state index is 1.22. The first-order valence-electron chi connectivity index (χ1n) is 8.29. The van der Waals surface area contributed by atoms with Gasteiger partial charge in [-0.3, -0.25) is 0 Å². The van der Waals surface area contributed by atoms with Crippen LogP contribution in [0.5, 0.6) is 0 Å². The lowest BCUT2D eigenvalue weighted by Gasteiger charge is -2.04. The van der Waals surface area contributed by atoms with Crippen molar-refractivity contribution in [2.24, 2.45) is 0 Å². The molecule has 0 heterocycles. The molecule has 0 aliphatic carbocycles. The normalized spacial score (nSPS) is 11.1. The van der Waals surface area contributed by atoms with E-state index in [9.17, 15) is 0 Å². The van der Waals surface area contributed by atoms with Crippen molar-refractivity contribution < 1.29 is 0 Å². The van der Waals surface area contributed by atoms with Crippen LogP contribution in [0.25, 0.3) is 10.8 Å². The van der Waals surface area contributed by atoms with Gasteiger partial charge in [0.2, 0.25) is 0 Å². The molecule has 0 saturated heterocycles. The van der Waals surface area contributed by atoms with Crippen LogP contribution in [0.15, 0.2) is 36.4 Å². The number of aryl methyl sites for hydroxylation is 1. The largest absolute Gasteiger partial charge is 0.0654 e. The van der Waals surface area contributed by atoms with Crippen LogP contribution in [0, 0.1) is 6.07 Å². The van der Waals surface area contributed by atoms with Gasteiger partial charge >= 0.3 is 0 Å². The fraction of sp³-hybridized carbons (Fsp3) is 0.500. The molecule has 0 atom stereocenters. The van der Waals surface area contributed by atoms with Crippen LogP contribution in [0.1, 0.15) is 63.9 Å². The minimum Gasteiger partial charge on any atom is -0.0654 e. The van der Waals surface area contributed by atoms with Crippen LogP contribution in [0.2, 0.25) is 0 Å². The molecule has 0 unspecified atom stereocenters. The molecule has 1 radical (unpaired) electrons. The second-order valence-electron chi connectivity index (χ2n) is 5.82. The maximum absolute atomic E-state index is 3.32. The Bertz CT molecular complexity index is 498. The average Bonchev–Trinajstić information content (AvgIpc) is 2.50. The zero-order valence-electron chi connectivity index (χ0n) is 12.8. The van der Waals surface area contributed by atoms with E-state index in [0.29, 0.717) is 0 Å². The molecule has 2 aromatic rings. The van der Waals surface area contributed by atoms with E-state index < -0.39 is 0 Å². The van der Waals surface area contributed by atoms with Gasteiger partial charge in [0, 0.05) is 0 Å². The summed E-state index contributed by atoms with van der Waals surface area (Å²) < 4.78 is 0. The molecular formula is C20H27. The lowest BCUT2D eigenvalue weighted by Crippen LogP contribution is -1.87. The standard InChI is InChI=1S/C20H27/c1-2-3-4-5-6-7-8-9-12-18-15-16-19-13-10-11-14-20(19)17-18/h10-11,13,15-17H,2-9,12H2,1H3. The first-order chi connectivity index (χ1) is 9.90. The number of unbranched alkanes of at least 4 members (excludes halogenated alkanes) is 7. The van der Waals surface area contributed by atoms with Crippen molar-refractivity contribution in [1.29, 1.82) is 0 Å². The highest BCUT2D eigenvalue weighted by atomic mass is 14.0. The molecule has 0 heteroatoms. The first-order valence-corrected chi connectivity index (χ1v) is 8.29. The highest BCUT2D eigenvalue weighted by Crippen LogP contribution is 2.17. The van der Waals surface area contributed by atoms with Gasteiger partial charge in [-0.1, -0.05) is 88.3 Å². The predicted octanol–water partition coefficient (Wildman–Crippen LogP) is 6.32. The molecule has 0 aromatic heterocycles. The molecule has 20 heavy (non-hydrogen) atoms. The van der Waals surface area contributed by atoms with Gasteiger partial charge in [0.15, 0.2) is 0 Å². The van der Waals surface area contributed by atoms with E-state index in [1.54, 1.807) is 0 Å². The number of hydrogen-bond donors (Lipinski definition) is 0. The lowest BCUT2D eigenvalue weighted by molar-refractivity contribution is 0.575. The predicted molar refractivity (Wildman–Crippen MR) is 89.1 cm³/mol. The van der Waals surface area contributed by atoms with Crippen LogP contribution in [-0.4, -0.2) is 0 Å². The minimum absolute atomic E-state index is 1.22. The van der Waals surface area contributed by atoms with Gasteiger partial charge in [-0.2, -0.15) is 0 Å². The van der Waals surface area contributed by atoms with Gasteiger partial charge in [-0.25, -0.2) is 0 Å². The Labute approximate surface area is 124 Å². The van der Waals surface area contributed by atoms with E-state index in [1.807, 2.05) is 6.07 Å². The van der Waals surface area contributed by atoms with Gasteiger partial charge in [0.25, 0.3) is 0 Å². The van der Waals surface area contributed by atoms with Gasteiger partial charge < -0.3 is 0 Å². The molecule has 0 bridgehead atoms. The van der Waals surface area contributed by atoms with Crippen molar-refractivity contribution in [3.63, 3.8) is 0 Å². The van der Waals surface area contributed by atoms with Crippen LogP contribution < -0.4 is 0 Å². The molecule has 0 aliphatic rings. The van der Waals surface area contributed by atoms with Crippen LogP contribution in [0.4, 0.5) is 0 Å². The van der Waals surface area contributed by atoms with E-state index in [1.165, 1.54) is 74.1 Å². The van der Waals surface area contributed by atoms with Crippen molar-refractivity contribution in [2.45, 2.75) is 64.7 Å². The van der Waals surface area contributed by atoms with Crippen molar-refractivity contribution in [3.05, 3.63) is 48.0 Å². The Balaban J connectivity index is 1.65. The van der Waals surface area contributed by atoms with Crippen LogP contribution in [0.3, 0.4) is 0 Å². The third kappa shape index (κ3) is 5.00. The topological polar surface area (TPSA) is 0 Å². The molecule has 0 nitrogen and oxygen atoms in total. The molecular weight excluding hydrogens is 240 g/mol. The average molecular weight is 267 g/mol. The summed E-state index contributed by atoms with van der Waals surface area (Å²) in [6.07, 6.45) is 12.4. The second kappa shape index (κ2) is 8.79. The Morgan fingerprint density at radius 2 is 1.60 bits per heavy atom. The van der Waals surface area contributed by atoms with Gasteiger partial charge in [-0.15, -0.1) is 0 Å². The third-order valence-electron chi connectivity index (χ3n) is 4.05. The fourth-order valence-electron chi connectivity index (χ4n) is 2.78. The summed E-state index contributed by atoms with van der Waals surface area (Å²) in [4.78, 5) is 0. The molecule has 0 N–H and O–H groups in total. The third-order valence-corrected chi connectivity index (χ3v) is 4.05. The summed E-state index contributed by atoms with van der Waals surface area (Å²) in [5, 5.41) is 2.55. The Hall–Kier alpha value is -1.30. The summed E-state index contributed by atoms with van der Waals surface area (Å²) in [5.41, 5.74) is 1.46. The van der Waals surface area contributed by atoms with Crippen molar-refractivity contribution in [2.75, 3.05) is 0 Å². The zero-order valence-corrected chi connectivity index (χ0v) is 12.8. The van der Waals surface area contributed by atoms with Crippen LogP contribution >= 0.6 is 0 Å². The maximum Gasteiger partial charge on any atom is -0.00991 e. The quantitative estimate of drug-likeness (QED) is 0.466. The lowest BCUT2D eigenvalue weighted by atomic mass is 10.0. The van der Waals surface area contributed by atoms with Gasteiger partial charge in [0.05, 0.1) is 0 Å². The number of hydrogen-bond acceptors (Lipinski definition) is 0. The zero-order chi connectivity index (χ0) is 14.0. The van der Waals surface area contributed by atoms with E-state index in [4.69, 9.17) is 0 Å². The molecule has 2 aromatic carbocycles. The highest BCUT2D eigenvalue weighted by molar-refractivity contribution is 5.82. The van der Waals surface area contributed by atoms with Gasteiger partial charge in [-0.05, 0) is 35.2 Å².